The zero-order valence-corrected chi connectivity index (χ0v) is 18.2. The van der Waals surface area contributed by atoms with Crippen molar-refractivity contribution in [3.05, 3.63) is 48.6 Å². The summed E-state index contributed by atoms with van der Waals surface area (Å²) in [5, 5.41) is 0. The normalized spacial score (nSPS) is 25.8. The number of ether oxygens (including phenoxy) is 1. The van der Waals surface area contributed by atoms with E-state index in [4.69, 9.17) is 4.74 Å². The highest BCUT2D eigenvalue weighted by Crippen LogP contribution is 2.31. The van der Waals surface area contributed by atoms with Crippen LogP contribution in [0.15, 0.2) is 58.4 Å². The molecule has 0 N–H and O–H groups in total. The molecule has 30 heavy (non-hydrogen) atoms. The van der Waals surface area contributed by atoms with Gasteiger partial charge in [0.15, 0.2) is 9.84 Å². The minimum atomic E-state index is -3.74. The van der Waals surface area contributed by atoms with Crippen molar-refractivity contribution >= 4 is 26.0 Å². The van der Waals surface area contributed by atoms with E-state index in [1.807, 2.05) is 24.3 Å². The minimum absolute atomic E-state index is 0.0612. The quantitative estimate of drug-likeness (QED) is 0.691. The Kier molecular flexibility index (Phi) is 5.50. The molecule has 2 aliphatic heterocycles. The first-order chi connectivity index (χ1) is 14.2. The summed E-state index contributed by atoms with van der Waals surface area (Å²) in [7, 11) is -7.13. The molecular formula is C20H24N2O6S2. The van der Waals surface area contributed by atoms with Gasteiger partial charge in [0.1, 0.15) is 6.61 Å². The van der Waals surface area contributed by atoms with Gasteiger partial charge < -0.3 is 4.74 Å². The molecule has 0 spiro atoms. The van der Waals surface area contributed by atoms with E-state index in [2.05, 4.69) is 0 Å². The van der Waals surface area contributed by atoms with Gasteiger partial charge in [-0.25, -0.2) is 21.6 Å². The lowest BCUT2D eigenvalue weighted by Gasteiger charge is -2.45. The van der Waals surface area contributed by atoms with E-state index in [0.29, 0.717) is 19.4 Å². The molecule has 3 aliphatic rings. The third-order valence-electron chi connectivity index (χ3n) is 5.85. The summed E-state index contributed by atoms with van der Waals surface area (Å²) in [4.78, 5) is 14.3. The predicted molar refractivity (Wildman–Crippen MR) is 110 cm³/mol. The number of hydrogen-bond donors (Lipinski definition) is 0. The second kappa shape index (κ2) is 7.82. The van der Waals surface area contributed by atoms with Crippen LogP contribution in [0.3, 0.4) is 0 Å². The number of amides is 1. The molecule has 4 rings (SSSR count). The van der Waals surface area contributed by atoms with E-state index in [-0.39, 0.29) is 47.0 Å². The fourth-order valence-corrected chi connectivity index (χ4v) is 6.32. The van der Waals surface area contributed by atoms with Gasteiger partial charge >= 0.3 is 6.09 Å². The molecule has 8 nitrogen and oxygen atoms in total. The van der Waals surface area contributed by atoms with E-state index in [9.17, 15) is 21.6 Å². The van der Waals surface area contributed by atoms with Crippen LogP contribution in [0.5, 0.6) is 0 Å². The van der Waals surface area contributed by atoms with Crippen LogP contribution in [0.2, 0.25) is 0 Å². The maximum Gasteiger partial charge on any atom is 0.410 e. The van der Waals surface area contributed by atoms with Crippen molar-refractivity contribution in [2.75, 3.05) is 26.0 Å². The van der Waals surface area contributed by atoms with Gasteiger partial charge in [-0.05, 0) is 37.1 Å². The smallest absolute Gasteiger partial charge is 0.410 e. The highest BCUT2D eigenvalue weighted by atomic mass is 32.2. The van der Waals surface area contributed by atoms with Crippen LogP contribution >= 0.6 is 0 Å². The van der Waals surface area contributed by atoms with Crippen LogP contribution in [0.1, 0.15) is 12.8 Å². The maximum atomic E-state index is 13.0. The molecule has 0 bridgehead atoms. The Balaban J connectivity index is 1.46. The molecule has 0 aromatic heterocycles. The summed E-state index contributed by atoms with van der Waals surface area (Å²) in [5.74, 6) is 0.114. The summed E-state index contributed by atoms with van der Waals surface area (Å²) in [5.41, 5.74) is 0. The van der Waals surface area contributed by atoms with E-state index in [1.54, 1.807) is 4.90 Å². The highest BCUT2D eigenvalue weighted by molar-refractivity contribution is 7.90. The van der Waals surface area contributed by atoms with Crippen LogP contribution in [-0.2, 0) is 24.6 Å². The standard InChI is InChI=1S/C20H24N2O6S2/c1-29(24,25)17-6-8-18(9-7-17)30(26,27)21-12-10-16(11-13-21)22-19-5-3-2-4-15(19)14-28-20(22)23/h2-9,15-16,19H,10-14H2,1H3. The van der Waals surface area contributed by atoms with Crippen molar-refractivity contribution in [2.45, 2.75) is 34.7 Å². The Morgan fingerprint density at radius 2 is 1.53 bits per heavy atom. The van der Waals surface area contributed by atoms with Crippen LogP contribution in [0, 0.1) is 5.92 Å². The molecule has 0 saturated carbocycles. The maximum absolute atomic E-state index is 13.0. The van der Waals surface area contributed by atoms with E-state index < -0.39 is 19.9 Å². The van der Waals surface area contributed by atoms with Gasteiger partial charge in [-0.3, -0.25) is 4.90 Å². The number of nitrogens with zero attached hydrogens (tertiary/aromatic N) is 2. The van der Waals surface area contributed by atoms with Crippen LogP contribution < -0.4 is 0 Å². The molecule has 10 heteroatoms. The molecule has 162 valence electrons. The van der Waals surface area contributed by atoms with Gasteiger partial charge in [0.05, 0.1) is 15.8 Å². The largest absolute Gasteiger partial charge is 0.449 e. The molecule has 1 aromatic carbocycles. The molecular weight excluding hydrogens is 428 g/mol. The third-order valence-corrected chi connectivity index (χ3v) is 8.90. The Morgan fingerprint density at radius 1 is 0.933 bits per heavy atom. The number of carbonyl (C=O) groups excluding carboxylic acids is 1. The lowest BCUT2D eigenvalue weighted by molar-refractivity contribution is 0.00619. The summed E-state index contributed by atoms with van der Waals surface area (Å²) in [6, 6.07) is 5.10. The summed E-state index contributed by atoms with van der Waals surface area (Å²) in [6.45, 7) is 0.917. The number of rotatable bonds is 4. The van der Waals surface area contributed by atoms with Crippen molar-refractivity contribution in [3.8, 4) is 0 Å². The predicted octanol–water partition coefficient (Wildman–Crippen LogP) is 1.81. The molecule has 2 atom stereocenters. The van der Waals surface area contributed by atoms with Crippen molar-refractivity contribution in [1.29, 1.82) is 0 Å². The van der Waals surface area contributed by atoms with Gasteiger partial charge in [-0.15, -0.1) is 0 Å². The van der Waals surface area contributed by atoms with E-state index >= 15 is 0 Å². The molecule has 2 heterocycles. The number of benzene rings is 1. The first-order valence-electron chi connectivity index (χ1n) is 9.78. The molecule has 2 saturated heterocycles. The van der Waals surface area contributed by atoms with Crippen LogP contribution in [0.4, 0.5) is 4.79 Å². The summed E-state index contributed by atoms with van der Waals surface area (Å²) >= 11 is 0. The van der Waals surface area contributed by atoms with Crippen LogP contribution in [-0.4, -0.2) is 70.2 Å². The lowest BCUT2D eigenvalue weighted by atomic mass is 9.91. The molecule has 1 amide bonds. The molecule has 1 aromatic rings. The molecule has 2 fully saturated rings. The Labute approximate surface area is 176 Å². The molecule has 0 radical (unpaired) electrons. The minimum Gasteiger partial charge on any atom is -0.449 e. The Bertz CT molecular complexity index is 1080. The number of sulfone groups is 1. The molecule has 1 aliphatic carbocycles. The van der Waals surface area contributed by atoms with Crippen molar-refractivity contribution in [1.82, 2.24) is 9.21 Å². The topological polar surface area (TPSA) is 101 Å². The highest BCUT2D eigenvalue weighted by Gasteiger charge is 2.41. The lowest BCUT2D eigenvalue weighted by Crippen LogP contribution is -2.57. The van der Waals surface area contributed by atoms with E-state index in [0.717, 1.165) is 6.26 Å². The van der Waals surface area contributed by atoms with Gasteiger partial charge in [-0.1, -0.05) is 24.3 Å². The van der Waals surface area contributed by atoms with Crippen molar-refractivity contribution in [3.63, 3.8) is 0 Å². The third kappa shape index (κ3) is 3.91. The van der Waals surface area contributed by atoms with Crippen molar-refractivity contribution in [2.24, 2.45) is 5.92 Å². The Morgan fingerprint density at radius 3 is 2.17 bits per heavy atom. The second-order valence-electron chi connectivity index (χ2n) is 7.79. The van der Waals surface area contributed by atoms with Gasteiger partial charge in [0.2, 0.25) is 10.0 Å². The number of carbonyl (C=O) groups is 1. The average Bonchev–Trinajstić information content (AvgIpc) is 2.73. The number of allylic oxidation sites excluding steroid dienone is 2. The fraction of sp³-hybridized carbons (Fsp3) is 0.450. The van der Waals surface area contributed by atoms with Crippen LogP contribution in [0.25, 0.3) is 0 Å². The SMILES string of the molecule is CS(=O)(=O)c1ccc(S(=O)(=O)N2CCC(N3C(=O)OCC4C=CC=CC43)CC2)cc1. The zero-order valence-electron chi connectivity index (χ0n) is 16.5. The van der Waals surface area contributed by atoms with Crippen molar-refractivity contribution < 1.29 is 26.4 Å². The number of piperidine rings is 1. The van der Waals surface area contributed by atoms with Gasteiger partial charge in [0, 0.05) is 31.3 Å². The summed E-state index contributed by atoms with van der Waals surface area (Å²) in [6.07, 6.45) is 9.65. The summed E-state index contributed by atoms with van der Waals surface area (Å²) < 4.78 is 55.9. The molecule has 2 unspecified atom stereocenters. The average molecular weight is 453 g/mol. The number of sulfonamides is 1. The van der Waals surface area contributed by atoms with E-state index in [1.165, 1.54) is 28.6 Å². The Hall–Kier alpha value is -2.17. The fourth-order valence-electron chi connectivity index (χ4n) is 4.22. The number of hydrogen-bond acceptors (Lipinski definition) is 6. The number of fused-ring (bicyclic) bond motifs is 1. The first-order valence-corrected chi connectivity index (χ1v) is 13.1. The van der Waals surface area contributed by atoms with Gasteiger partial charge in [0.25, 0.3) is 0 Å². The monoisotopic (exact) mass is 452 g/mol. The zero-order chi connectivity index (χ0) is 21.5. The first kappa shape index (κ1) is 21.1. The number of cyclic esters (lactones) is 1. The second-order valence-corrected chi connectivity index (χ2v) is 11.7. The van der Waals surface area contributed by atoms with Gasteiger partial charge in [-0.2, -0.15) is 4.31 Å².